The lowest BCUT2D eigenvalue weighted by atomic mass is 10.1. The first-order chi connectivity index (χ1) is 12.9. The van der Waals surface area contributed by atoms with Gasteiger partial charge in [-0.25, -0.2) is 9.97 Å². The number of aromatic amines is 1. The van der Waals surface area contributed by atoms with Crippen molar-refractivity contribution < 1.29 is 0 Å². The lowest BCUT2D eigenvalue weighted by Crippen LogP contribution is -2.01. The molecule has 0 aliphatic carbocycles. The van der Waals surface area contributed by atoms with Crippen LogP contribution in [0.5, 0.6) is 0 Å². The molecule has 5 heteroatoms. The zero-order chi connectivity index (χ0) is 17.6. The zero-order valence-corrected chi connectivity index (χ0v) is 14.5. The quantitative estimate of drug-likeness (QED) is 0.507. The molecule has 4 aromatic rings. The Bertz CT molecular complexity index is 927. The van der Waals surface area contributed by atoms with Crippen LogP contribution in [0.15, 0.2) is 73.4 Å². The van der Waals surface area contributed by atoms with Gasteiger partial charge < -0.3 is 9.55 Å². The Kier molecular flexibility index (Phi) is 4.87. The van der Waals surface area contributed by atoms with Crippen molar-refractivity contribution >= 4 is 0 Å². The fourth-order valence-corrected chi connectivity index (χ4v) is 3.14. The van der Waals surface area contributed by atoms with E-state index in [2.05, 4.69) is 42.7 Å². The maximum atomic E-state index is 4.67. The van der Waals surface area contributed by atoms with Crippen molar-refractivity contribution in [3.63, 3.8) is 0 Å². The fourth-order valence-electron chi connectivity index (χ4n) is 3.14. The molecule has 1 aromatic carbocycles. The monoisotopic (exact) mass is 343 g/mol. The minimum Gasteiger partial charge on any atom is -0.343 e. The third-order valence-corrected chi connectivity index (χ3v) is 4.42. The summed E-state index contributed by atoms with van der Waals surface area (Å²) in [4.78, 5) is 16.7. The summed E-state index contributed by atoms with van der Waals surface area (Å²) in [5.41, 5.74) is 4.25. The molecule has 3 heterocycles. The number of nitrogens with one attached hydrogen (secondary N) is 1. The van der Waals surface area contributed by atoms with Crippen LogP contribution in [0.3, 0.4) is 0 Å². The third kappa shape index (κ3) is 3.57. The number of benzene rings is 1. The summed E-state index contributed by atoms with van der Waals surface area (Å²) in [6.07, 6.45) is 10.6. The Morgan fingerprint density at radius 2 is 1.73 bits per heavy atom. The second-order valence-electron chi connectivity index (χ2n) is 6.22. The molecule has 0 amide bonds. The SMILES string of the molecule is c1ccc(-c2ncn(CCCCc3ccccn3)c2-c2ncc[nH]2)cc1. The Hall–Kier alpha value is -3.21. The van der Waals surface area contributed by atoms with Gasteiger partial charge in [0, 0.05) is 36.4 Å². The van der Waals surface area contributed by atoms with Crippen LogP contribution in [0.4, 0.5) is 0 Å². The van der Waals surface area contributed by atoms with Gasteiger partial charge in [0.05, 0.1) is 12.0 Å². The summed E-state index contributed by atoms with van der Waals surface area (Å²) in [6.45, 7) is 0.905. The highest BCUT2D eigenvalue weighted by molar-refractivity contribution is 5.75. The largest absolute Gasteiger partial charge is 0.343 e. The van der Waals surface area contributed by atoms with E-state index in [1.165, 1.54) is 0 Å². The molecule has 0 aliphatic heterocycles. The average molecular weight is 343 g/mol. The van der Waals surface area contributed by atoms with Gasteiger partial charge >= 0.3 is 0 Å². The van der Waals surface area contributed by atoms with Crippen LogP contribution in [0.1, 0.15) is 18.5 Å². The Morgan fingerprint density at radius 3 is 2.50 bits per heavy atom. The first-order valence-electron chi connectivity index (χ1n) is 8.92. The summed E-state index contributed by atoms with van der Waals surface area (Å²) in [5.74, 6) is 0.853. The number of unbranched alkanes of at least 4 members (excludes halogenated alkanes) is 1. The summed E-state index contributed by atoms with van der Waals surface area (Å²) in [6, 6.07) is 16.3. The standard InChI is InChI=1S/C21H21N5/c1-2-8-17(9-3-1)19-20(21-23-13-14-24-21)26(16-25-19)15-7-5-11-18-10-4-6-12-22-18/h1-4,6,8-10,12-14,16H,5,7,11,15H2,(H,23,24). The first-order valence-corrected chi connectivity index (χ1v) is 8.92. The molecule has 1 N–H and O–H groups in total. The van der Waals surface area contributed by atoms with E-state index >= 15 is 0 Å². The van der Waals surface area contributed by atoms with Crippen molar-refractivity contribution in [3.05, 3.63) is 79.1 Å². The van der Waals surface area contributed by atoms with Crippen LogP contribution in [0.2, 0.25) is 0 Å². The Morgan fingerprint density at radius 1 is 0.846 bits per heavy atom. The van der Waals surface area contributed by atoms with Gasteiger partial charge in [-0.2, -0.15) is 0 Å². The molecular weight excluding hydrogens is 322 g/mol. The minimum atomic E-state index is 0.853. The van der Waals surface area contributed by atoms with Crippen LogP contribution in [0, 0.1) is 0 Å². The molecule has 0 unspecified atom stereocenters. The van der Waals surface area contributed by atoms with Crippen molar-refractivity contribution in [2.45, 2.75) is 25.8 Å². The Labute approximate surface area is 152 Å². The van der Waals surface area contributed by atoms with Gasteiger partial charge in [0.2, 0.25) is 0 Å². The van der Waals surface area contributed by atoms with Crippen molar-refractivity contribution in [3.8, 4) is 22.8 Å². The third-order valence-electron chi connectivity index (χ3n) is 4.42. The number of nitrogens with zero attached hydrogens (tertiary/aromatic N) is 4. The topological polar surface area (TPSA) is 59.4 Å². The molecule has 0 fully saturated rings. The van der Waals surface area contributed by atoms with Crippen LogP contribution >= 0.6 is 0 Å². The van der Waals surface area contributed by atoms with Crippen LogP contribution in [-0.4, -0.2) is 24.5 Å². The van der Waals surface area contributed by atoms with E-state index in [1.54, 1.807) is 6.20 Å². The highest BCUT2D eigenvalue weighted by Gasteiger charge is 2.16. The zero-order valence-electron chi connectivity index (χ0n) is 14.5. The molecule has 0 spiro atoms. The maximum Gasteiger partial charge on any atom is 0.156 e. The van der Waals surface area contributed by atoms with Gasteiger partial charge in [0.1, 0.15) is 5.69 Å². The summed E-state index contributed by atoms with van der Waals surface area (Å²) in [5, 5.41) is 0. The molecular formula is C21H21N5. The number of aryl methyl sites for hydroxylation is 2. The molecule has 0 saturated heterocycles. The Balaban J connectivity index is 1.52. The van der Waals surface area contributed by atoms with Crippen molar-refractivity contribution in [1.29, 1.82) is 0 Å². The number of pyridine rings is 1. The minimum absolute atomic E-state index is 0.853. The van der Waals surface area contributed by atoms with Crippen LogP contribution in [-0.2, 0) is 13.0 Å². The smallest absolute Gasteiger partial charge is 0.156 e. The predicted molar refractivity (Wildman–Crippen MR) is 102 cm³/mol. The van der Waals surface area contributed by atoms with Gasteiger partial charge in [-0.1, -0.05) is 36.4 Å². The van der Waals surface area contributed by atoms with Crippen LogP contribution in [0.25, 0.3) is 22.8 Å². The van der Waals surface area contributed by atoms with Gasteiger partial charge in [-0.15, -0.1) is 0 Å². The normalized spacial score (nSPS) is 10.9. The first kappa shape index (κ1) is 16.3. The molecule has 4 rings (SSSR count). The number of hydrogen-bond acceptors (Lipinski definition) is 3. The maximum absolute atomic E-state index is 4.67. The molecule has 130 valence electrons. The number of aromatic nitrogens is 5. The van der Waals surface area contributed by atoms with E-state index in [0.29, 0.717) is 0 Å². The highest BCUT2D eigenvalue weighted by atomic mass is 15.1. The highest BCUT2D eigenvalue weighted by Crippen LogP contribution is 2.29. The summed E-state index contributed by atoms with van der Waals surface area (Å²) < 4.78 is 2.19. The molecule has 0 saturated carbocycles. The van der Waals surface area contributed by atoms with E-state index in [4.69, 9.17) is 0 Å². The summed E-state index contributed by atoms with van der Waals surface area (Å²) >= 11 is 0. The number of imidazole rings is 2. The number of H-pyrrole nitrogens is 1. The molecule has 0 radical (unpaired) electrons. The van der Waals surface area contributed by atoms with E-state index in [-0.39, 0.29) is 0 Å². The molecule has 26 heavy (non-hydrogen) atoms. The predicted octanol–water partition coefficient (Wildman–Crippen LogP) is 4.36. The van der Waals surface area contributed by atoms with Crippen molar-refractivity contribution in [2.24, 2.45) is 0 Å². The van der Waals surface area contributed by atoms with Gasteiger partial charge in [0.15, 0.2) is 5.82 Å². The van der Waals surface area contributed by atoms with Gasteiger partial charge in [-0.3, -0.25) is 4.98 Å². The molecule has 0 atom stereocenters. The molecule has 0 aliphatic rings. The van der Waals surface area contributed by atoms with Crippen molar-refractivity contribution in [2.75, 3.05) is 0 Å². The number of hydrogen-bond donors (Lipinski definition) is 1. The van der Waals surface area contributed by atoms with E-state index < -0.39 is 0 Å². The van der Waals surface area contributed by atoms with Gasteiger partial charge in [-0.05, 0) is 31.4 Å². The van der Waals surface area contributed by atoms with E-state index in [1.807, 2.05) is 49.1 Å². The average Bonchev–Trinajstić information content (AvgIpc) is 3.36. The lowest BCUT2D eigenvalue weighted by molar-refractivity contribution is 0.608. The second kappa shape index (κ2) is 7.78. The summed E-state index contributed by atoms with van der Waals surface area (Å²) in [7, 11) is 0. The number of rotatable bonds is 7. The van der Waals surface area contributed by atoms with Crippen LogP contribution < -0.4 is 0 Å². The van der Waals surface area contributed by atoms with Crippen molar-refractivity contribution in [1.82, 2.24) is 24.5 Å². The van der Waals surface area contributed by atoms with Gasteiger partial charge in [0.25, 0.3) is 0 Å². The lowest BCUT2D eigenvalue weighted by Gasteiger charge is -2.08. The second-order valence-corrected chi connectivity index (χ2v) is 6.22. The van der Waals surface area contributed by atoms with E-state index in [9.17, 15) is 0 Å². The molecule has 0 bridgehead atoms. The molecule has 5 nitrogen and oxygen atoms in total. The fraction of sp³-hybridized carbons (Fsp3) is 0.190. The van der Waals surface area contributed by atoms with E-state index in [0.717, 1.165) is 54.3 Å². The molecule has 3 aromatic heterocycles.